The van der Waals surface area contributed by atoms with Crippen LogP contribution in [-0.2, 0) is 14.8 Å². The van der Waals surface area contributed by atoms with E-state index in [0.717, 1.165) is 0 Å². The van der Waals surface area contributed by atoms with Crippen LogP contribution in [-0.4, -0.2) is 45.9 Å². The fraction of sp³-hybridized carbons (Fsp3) is 0.455. The lowest BCUT2D eigenvalue weighted by Crippen LogP contribution is -2.44. The maximum Gasteiger partial charge on any atom is 0.238 e. The van der Waals surface area contributed by atoms with Gasteiger partial charge in [-0.2, -0.15) is 0 Å². The summed E-state index contributed by atoms with van der Waals surface area (Å²) in [7, 11) is -3.76. The number of sulfonamides is 1. The van der Waals surface area contributed by atoms with Crippen molar-refractivity contribution >= 4 is 21.4 Å². The number of primary sulfonamides is 1. The summed E-state index contributed by atoms with van der Waals surface area (Å²) in [6, 6.07) is 4.33. The predicted octanol–water partition coefficient (Wildman–Crippen LogP) is -0.886. The molecule has 5 N–H and O–H groups in total. The lowest BCUT2D eigenvalue weighted by Gasteiger charge is -2.34. The number of morpholine rings is 1. The molecular weight excluding hydrogens is 270 g/mol. The first-order valence-corrected chi connectivity index (χ1v) is 7.36. The number of ether oxygens (including phenoxy) is 1. The number of hydrogen-bond acceptors (Lipinski definition) is 6. The van der Waals surface area contributed by atoms with Gasteiger partial charge in [0, 0.05) is 13.1 Å². The molecule has 0 aliphatic carbocycles. The Labute approximate surface area is 111 Å². The molecule has 1 aromatic carbocycles. The van der Waals surface area contributed by atoms with Gasteiger partial charge in [-0.05, 0) is 18.2 Å². The predicted molar refractivity (Wildman–Crippen MR) is 71.3 cm³/mol. The van der Waals surface area contributed by atoms with Gasteiger partial charge in [0.2, 0.25) is 10.0 Å². The molecule has 1 saturated heterocycles. The SMILES string of the molecule is Nc1ccc(S(N)(=O)=O)cc1N1CCOC(CO)C1. The molecule has 0 aromatic heterocycles. The Balaban J connectivity index is 2.33. The van der Waals surface area contributed by atoms with Crippen molar-refractivity contribution in [2.24, 2.45) is 5.14 Å². The van der Waals surface area contributed by atoms with Crippen LogP contribution < -0.4 is 15.8 Å². The molecule has 0 saturated carbocycles. The minimum atomic E-state index is -3.76. The third-order valence-electron chi connectivity index (χ3n) is 3.01. The van der Waals surface area contributed by atoms with Crippen LogP contribution in [0.25, 0.3) is 0 Å². The number of anilines is 2. The molecule has 0 spiro atoms. The highest BCUT2D eigenvalue weighted by atomic mass is 32.2. The first-order valence-electron chi connectivity index (χ1n) is 5.81. The molecule has 1 unspecified atom stereocenters. The summed E-state index contributed by atoms with van der Waals surface area (Å²) in [5.74, 6) is 0. The lowest BCUT2D eigenvalue weighted by molar-refractivity contribution is 0.00359. The fourth-order valence-corrected chi connectivity index (χ4v) is 2.56. The molecule has 7 nitrogen and oxygen atoms in total. The van der Waals surface area contributed by atoms with Crippen molar-refractivity contribution in [3.05, 3.63) is 18.2 Å². The summed E-state index contributed by atoms with van der Waals surface area (Å²) in [6.45, 7) is 1.39. The Morgan fingerprint density at radius 1 is 1.47 bits per heavy atom. The minimum Gasteiger partial charge on any atom is -0.397 e. The number of nitrogen functional groups attached to an aromatic ring is 1. The van der Waals surface area contributed by atoms with E-state index in [-0.39, 0.29) is 17.6 Å². The monoisotopic (exact) mass is 287 g/mol. The lowest BCUT2D eigenvalue weighted by atomic mass is 10.2. The molecule has 8 heteroatoms. The van der Waals surface area contributed by atoms with Gasteiger partial charge in [0.1, 0.15) is 0 Å². The van der Waals surface area contributed by atoms with Crippen molar-refractivity contribution < 1.29 is 18.3 Å². The van der Waals surface area contributed by atoms with Crippen LogP contribution in [0.1, 0.15) is 0 Å². The van der Waals surface area contributed by atoms with Gasteiger partial charge in [0.25, 0.3) is 0 Å². The summed E-state index contributed by atoms with van der Waals surface area (Å²) >= 11 is 0. The number of aliphatic hydroxyl groups excluding tert-OH is 1. The number of aliphatic hydroxyl groups is 1. The summed E-state index contributed by atoms with van der Waals surface area (Å²) in [5, 5.41) is 14.2. The Bertz CT molecular complexity index is 561. The molecule has 1 fully saturated rings. The fourth-order valence-electron chi connectivity index (χ4n) is 2.02. The van der Waals surface area contributed by atoms with Gasteiger partial charge < -0.3 is 20.5 Å². The Kier molecular flexibility index (Phi) is 3.95. The zero-order valence-corrected chi connectivity index (χ0v) is 11.1. The van der Waals surface area contributed by atoms with E-state index in [9.17, 15) is 8.42 Å². The molecule has 1 aliphatic rings. The third-order valence-corrected chi connectivity index (χ3v) is 3.92. The van der Waals surface area contributed by atoms with E-state index in [2.05, 4.69) is 0 Å². The number of benzene rings is 1. The standard InChI is InChI=1S/C11H17N3O4S/c12-10-2-1-9(19(13,16)17)5-11(10)14-3-4-18-8(6-14)7-15/h1-2,5,8,15H,3-4,6-7,12H2,(H2,13,16,17). The van der Waals surface area contributed by atoms with E-state index < -0.39 is 10.0 Å². The van der Waals surface area contributed by atoms with Crippen LogP contribution in [0, 0.1) is 0 Å². The molecule has 2 rings (SSSR count). The average molecular weight is 287 g/mol. The Morgan fingerprint density at radius 2 is 2.21 bits per heavy atom. The van der Waals surface area contributed by atoms with Crippen molar-refractivity contribution in [2.75, 3.05) is 36.9 Å². The zero-order valence-electron chi connectivity index (χ0n) is 10.3. The van der Waals surface area contributed by atoms with Gasteiger partial charge >= 0.3 is 0 Å². The van der Waals surface area contributed by atoms with E-state index in [1.54, 1.807) is 0 Å². The summed E-state index contributed by atoms with van der Waals surface area (Å²) in [4.78, 5) is 1.90. The Morgan fingerprint density at radius 3 is 2.84 bits per heavy atom. The highest BCUT2D eigenvalue weighted by Crippen LogP contribution is 2.27. The van der Waals surface area contributed by atoms with Crippen molar-refractivity contribution in [3.8, 4) is 0 Å². The molecule has 1 atom stereocenters. The van der Waals surface area contributed by atoms with Crippen LogP contribution in [0.5, 0.6) is 0 Å². The van der Waals surface area contributed by atoms with Gasteiger partial charge in [0.15, 0.2) is 0 Å². The second kappa shape index (κ2) is 5.33. The van der Waals surface area contributed by atoms with Crippen molar-refractivity contribution in [3.63, 3.8) is 0 Å². The normalized spacial score (nSPS) is 20.5. The van der Waals surface area contributed by atoms with E-state index in [1.807, 2.05) is 4.90 Å². The Hall–Kier alpha value is -1.35. The molecule has 1 aromatic rings. The maximum absolute atomic E-state index is 11.4. The van der Waals surface area contributed by atoms with Crippen LogP contribution in [0.3, 0.4) is 0 Å². The largest absolute Gasteiger partial charge is 0.397 e. The smallest absolute Gasteiger partial charge is 0.238 e. The average Bonchev–Trinajstić information content (AvgIpc) is 2.38. The van der Waals surface area contributed by atoms with Gasteiger partial charge in [-0.3, -0.25) is 0 Å². The maximum atomic E-state index is 11.4. The highest BCUT2D eigenvalue weighted by Gasteiger charge is 2.22. The van der Waals surface area contributed by atoms with Crippen molar-refractivity contribution in [1.82, 2.24) is 0 Å². The topological polar surface area (TPSA) is 119 Å². The van der Waals surface area contributed by atoms with Gasteiger partial charge in [-0.1, -0.05) is 0 Å². The first-order chi connectivity index (χ1) is 8.91. The number of nitrogens with two attached hydrogens (primary N) is 2. The molecule has 0 bridgehead atoms. The second-order valence-electron chi connectivity index (χ2n) is 4.39. The van der Waals surface area contributed by atoms with Gasteiger partial charge in [0.05, 0.1) is 35.6 Å². The number of rotatable bonds is 3. The molecule has 19 heavy (non-hydrogen) atoms. The summed E-state index contributed by atoms with van der Waals surface area (Å²) < 4.78 is 28.0. The van der Waals surface area contributed by atoms with E-state index in [0.29, 0.717) is 31.1 Å². The molecule has 1 aliphatic heterocycles. The number of hydrogen-bond donors (Lipinski definition) is 3. The van der Waals surface area contributed by atoms with Crippen LogP contribution in [0.2, 0.25) is 0 Å². The third kappa shape index (κ3) is 3.16. The van der Waals surface area contributed by atoms with Crippen LogP contribution >= 0.6 is 0 Å². The quantitative estimate of drug-likeness (QED) is 0.621. The van der Waals surface area contributed by atoms with E-state index in [4.69, 9.17) is 20.7 Å². The van der Waals surface area contributed by atoms with E-state index in [1.165, 1.54) is 18.2 Å². The molecular formula is C11H17N3O4S. The van der Waals surface area contributed by atoms with Crippen LogP contribution in [0.4, 0.5) is 11.4 Å². The molecule has 1 heterocycles. The summed E-state index contributed by atoms with van der Waals surface area (Å²) in [5.41, 5.74) is 6.92. The minimum absolute atomic E-state index is 0.0174. The first kappa shape index (κ1) is 14.1. The van der Waals surface area contributed by atoms with Crippen LogP contribution in [0.15, 0.2) is 23.1 Å². The van der Waals surface area contributed by atoms with Gasteiger partial charge in [-0.25, -0.2) is 13.6 Å². The van der Waals surface area contributed by atoms with E-state index >= 15 is 0 Å². The highest BCUT2D eigenvalue weighted by molar-refractivity contribution is 7.89. The zero-order chi connectivity index (χ0) is 14.0. The molecule has 0 radical (unpaired) electrons. The molecule has 106 valence electrons. The summed E-state index contributed by atoms with van der Waals surface area (Å²) in [6.07, 6.45) is -0.300. The second-order valence-corrected chi connectivity index (χ2v) is 5.95. The molecule has 0 amide bonds. The van der Waals surface area contributed by atoms with Gasteiger partial charge in [-0.15, -0.1) is 0 Å². The number of nitrogens with zero attached hydrogens (tertiary/aromatic N) is 1. The van der Waals surface area contributed by atoms with Crippen molar-refractivity contribution in [1.29, 1.82) is 0 Å². The van der Waals surface area contributed by atoms with Crippen molar-refractivity contribution in [2.45, 2.75) is 11.0 Å².